The Kier molecular flexibility index (Phi) is 4.53. The minimum absolute atomic E-state index is 0.0652. The second-order valence-corrected chi connectivity index (χ2v) is 6.10. The molecule has 3 rings (SSSR count). The number of hydrogen-bond acceptors (Lipinski definition) is 5. The van der Waals surface area contributed by atoms with Crippen LogP contribution in [0.5, 0.6) is 0 Å². The summed E-state index contributed by atoms with van der Waals surface area (Å²) in [6.07, 6.45) is 1.56. The standard InChI is InChI=1S/C15H19FN4O3/c16-12-4-2-1-3-9(12)8-17-15(21)14-11-7-10(20(22)23)5-6-13(11)18-19-14/h1-4,10-11,13-14,18-19H,5-8H2,(H,17,21). The van der Waals surface area contributed by atoms with Gasteiger partial charge >= 0.3 is 0 Å². The van der Waals surface area contributed by atoms with E-state index >= 15 is 0 Å². The molecule has 2 fully saturated rings. The van der Waals surface area contributed by atoms with Gasteiger partial charge in [0.2, 0.25) is 11.9 Å². The molecular weight excluding hydrogens is 303 g/mol. The van der Waals surface area contributed by atoms with E-state index < -0.39 is 12.1 Å². The van der Waals surface area contributed by atoms with Crippen LogP contribution in [0.4, 0.5) is 4.39 Å². The predicted molar refractivity (Wildman–Crippen MR) is 80.2 cm³/mol. The third-order valence-corrected chi connectivity index (χ3v) is 4.72. The summed E-state index contributed by atoms with van der Waals surface area (Å²) in [7, 11) is 0. The maximum Gasteiger partial charge on any atom is 0.239 e. The minimum Gasteiger partial charge on any atom is -0.351 e. The van der Waals surface area contributed by atoms with Crippen LogP contribution in [0.3, 0.4) is 0 Å². The number of benzene rings is 1. The Balaban J connectivity index is 1.61. The second-order valence-electron chi connectivity index (χ2n) is 6.10. The summed E-state index contributed by atoms with van der Waals surface area (Å²) in [5.74, 6) is -0.758. The van der Waals surface area contributed by atoms with Gasteiger partial charge in [0.1, 0.15) is 11.9 Å². The molecule has 4 unspecified atom stereocenters. The molecule has 0 radical (unpaired) electrons. The Morgan fingerprint density at radius 1 is 1.35 bits per heavy atom. The Morgan fingerprint density at radius 2 is 2.13 bits per heavy atom. The minimum atomic E-state index is -0.597. The zero-order valence-electron chi connectivity index (χ0n) is 12.5. The molecule has 1 aromatic carbocycles. The van der Waals surface area contributed by atoms with Crippen LogP contribution in [0.15, 0.2) is 24.3 Å². The number of amides is 1. The fourth-order valence-electron chi connectivity index (χ4n) is 3.42. The van der Waals surface area contributed by atoms with Crippen LogP contribution >= 0.6 is 0 Å². The molecule has 0 bridgehead atoms. The van der Waals surface area contributed by atoms with E-state index in [9.17, 15) is 19.3 Å². The van der Waals surface area contributed by atoms with Crippen molar-refractivity contribution in [2.24, 2.45) is 5.92 Å². The average molecular weight is 322 g/mol. The third kappa shape index (κ3) is 3.32. The van der Waals surface area contributed by atoms with Gasteiger partial charge < -0.3 is 5.32 Å². The lowest BCUT2D eigenvalue weighted by atomic mass is 9.79. The van der Waals surface area contributed by atoms with E-state index in [1.54, 1.807) is 18.2 Å². The van der Waals surface area contributed by atoms with Gasteiger partial charge in [-0.25, -0.2) is 9.82 Å². The quantitative estimate of drug-likeness (QED) is 0.561. The molecule has 7 nitrogen and oxygen atoms in total. The molecule has 1 aliphatic heterocycles. The van der Waals surface area contributed by atoms with Crippen LogP contribution in [-0.2, 0) is 11.3 Å². The predicted octanol–water partition coefficient (Wildman–Crippen LogP) is 0.732. The van der Waals surface area contributed by atoms with Crippen LogP contribution in [0.25, 0.3) is 0 Å². The SMILES string of the molecule is O=C(NCc1ccccc1F)C1NNC2CCC([N+](=O)[O-])CC21. The zero-order chi connectivity index (χ0) is 16.4. The summed E-state index contributed by atoms with van der Waals surface area (Å²) >= 11 is 0. The van der Waals surface area contributed by atoms with E-state index in [2.05, 4.69) is 16.2 Å². The van der Waals surface area contributed by atoms with E-state index in [4.69, 9.17) is 0 Å². The first kappa shape index (κ1) is 15.8. The van der Waals surface area contributed by atoms with Gasteiger partial charge in [0.05, 0.1) is 0 Å². The summed E-state index contributed by atoms with van der Waals surface area (Å²) in [6, 6.07) is 5.19. The van der Waals surface area contributed by atoms with Gasteiger partial charge in [0.25, 0.3) is 0 Å². The molecule has 1 aromatic rings. The van der Waals surface area contributed by atoms with Gasteiger partial charge in [0.15, 0.2) is 0 Å². The molecule has 0 aromatic heterocycles. The van der Waals surface area contributed by atoms with E-state index in [1.807, 2.05) is 0 Å². The summed E-state index contributed by atoms with van der Waals surface area (Å²) in [6.45, 7) is 0.0970. The number of carbonyl (C=O) groups excluding carboxylic acids is 1. The molecule has 1 amide bonds. The Labute approximate surface area is 132 Å². The monoisotopic (exact) mass is 322 g/mol. The second kappa shape index (κ2) is 6.59. The van der Waals surface area contributed by atoms with Gasteiger partial charge in [-0.2, -0.15) is 0 Å². The highest BCUT2D eigenvalue weighted by molar-refractivity contribution is 5.82. The first-order chi connectivity index (χ1) is 11.1. The van der Waals surface area contributed by atoms with Crippen molar-refractivity contribution in [3.63, 3.8) is 0 Å². The summed E-state index contributed by atoms with van der Waals surface area (Å²) in [4.78, 5) is 23.1. The molecule has 0 spiro atoms. The van der Waals surface area contributed by atoms with Crippen molar-refractivity contribution in [1.82, 2.24) is 16.2 Å². The van der Waals surface area contributed by atoms with Crippen molar-refractivity contribution < 1.29 is 14.1 Å². The van der Waals surface area contributed by atoms with Crippen molar-refractivity contribution in [2.45, 2.75) is 43.9 Å². The molecule has 124 valence electrons. The average Bonchev–Trinajstić information content (AvgIpc) is 2.97. The number of carbonyl (C=O) groups is 1. The molecular formula is C15H19FN4O3. The summed E-state index contributed by atoms with van der Waals surface area (Å²) in [5.41, 5.74) is 6.39. The highest BCUT2D eigenvalue weighted by Gasteiger charge is 2.46. The van der Waals surface area contributed by atoms with E-state index in [1.165, 1.54) is 6.07 Å². The lowest BCUT2D eigenvalue weighted by molar-refractivity contribution is -0.528. The fraction of sp³-hybridized carbons (Fsp3) is 0.533. The van der Waals surface area contributed by atoms with Crippen LogP contribution < -0.4 is 16.2 Å². The molecule has 23 heavy (non-hydrogen) atoms. The first-order valence-electron chi connectivity index (χ1n) is 7.72. The van der Waals surface area contributed by atoms with Crippen LogP contribution in [-0.4, -0.2) is 29.0 Å². The van der Waals surface area contributed by atoms with Crippen LogP contribution in [0.1, 0.15) is 24.8 Å². The van der Waals surface area contributed by atoms with Crippen molar-refractivity contribution in [2.75, 3.05) is 0 Å². The molecule has 2 aliphatic rings. The van der Waals surface area contributed by atoms with E-state index in [-0.39, 0.29) is 35.2 Å². The van der Waals surface area contributed by atoms with Crippen molar-refractivity contribution >= 4 is 5.91 Å². The van der Waals surface area contributed by atoms with Gasteiger partial charge in [-0.15, -0.1) is 0 Å². The molecule has 1 heterocycles. The number of nitro groups is 1. The molecule has 1 aliphatic carbocycles. The van der Waals surface area contributed by atoms with Gasteiger partial charge in [-0.05, 0) is 12.5 Å². The topological polar surface area (TPSA) is 96.3 Å². The number of nitrogens with zero attached hydrogens (tertiary/aromatic N) is 1. The van der Waals surface area contributed by atoms with Gasteiger partial charge in [-0.3, -0.25) is 20.3 Å². The molecule has 4 atom stereocenters. The van der Waals surface area contributed by atoms with Crippen molar-refractivity contribution in [1.29, 1.82) is 0 Å². The molecule has 1 saturated heterocycles. The highest BCUT2D eigenvalue weighted by atomic mass is 19.1. The number of hydrazine groups is 1. The molecule has 8 heteroatoms. The van der Waals surface area contributed by atoms with Gasteiger partial charge in [-0.1, -0.05) is 18.2 Å². The number of halogens is 1. The lowest BCUT2D eigenvalue weighted by Gasteiger charge is -2.28. The maximum absolute atomic E-state index is 13.6. The van der Waals surface area contributed by atoms with E-state index in [0.717, 1.165) is 0 Å². The Morgan fingerprint density at radius 3 is 2.87 bits per heavy atom. The first-order valence-corrected chi connectivity index (χ1v) is 7.72. The third-order valence-electron chi connectivity index (χ3n) is 4.72. The highest BCUT2D eigenvalue weighted by Crippen LogP contribution is 2.31. The van der Waals surface area contributed by atoms with Crippen molar-refractivity contribution in [3.05, 3.63) is 45.8 Å². The van der Waals surface area contributed by atoms with Crippen LogP contribution in [0, 0.1) is 21.8 Å². The zero-order valence-corrected chi connectivity index (χ0v) is 12.5. The molecule has 1 saturated carbocycles. The number of nitrogens with one attached hydrogen (secondary N) is 3. The number of hydrogen-bond donors (Lipinski definition) is 3. The fourth-order valence-corrected chi connectivity index (χ4v) is 3.42. The number of fused-ring (bicyclic) bond motifs is 1. The maximum atomic E-state index is 13.6. The van der Waals surface area contributed by atoms with Gasteiger partial charge in [0, 0.05) is 41.8 Å². The van der Waals surface area contributed by atoms with E-state index in [0.29, 0.717) is 24.8 Å². The Hall–Kier alpha value is -2.06. The Bertz CT molecular complexity index is 612. The largest absolute Gasteiger partial charge is 0.351 e. The smallest absolute Gasteiger partial charge is 0.239 e. The lowest BCUT2D eigenvalue weighted by Crippen LogP contribution is -2.47. The van der Waals surface area contributed by atoms with Crippen molar-refractivity contribution in [3.8, 4) is 0 Å². The van der Waals surface area contributed by atoms with Crippen LogP contribution in [0.2, 0.25) is 0 Å². The number of rotatable bonds is 4. The molecule has 3 N–H and O–H groups in total. The summed E-state index contributed by atoms with van der Waals surface area (Å²) in [5, 5.41) is 13.7. The normalized spacial score (nSPS) is 29.8. The summed E-state index contributed by atoms with van der Waals surface area (Å²) < 4.78 is 13.6.